The molecule has 0 saturated carbocycles. The van der Waals surface area contributed by atoms with Crippen LogP contribution >= 0.6 is 11.8 Å². The van der Waals surface area contributed by atoms with Crippen molar-refractivity contribution in [3.63, 3.8) is 0 Å². The van der Waals surface area contributed by atoms with Crippen LogP contribution in [0.3, 0.4) is 0 Å². The molecule has 51 heavy (non-hydrogen) atoms. The van der Waals surface area contributed by atoms with Crippen LogP contribution in [0.1, 0.15) is 108 Å². The second-order valence-corrected chi connectivity index (χ2v) is 15.0. The molecule has 0 aromatic heterocycles. The highest BCUT2D eigenvalue weighted by molar-refractivity contribution is 8.15. The molecule has 3 N–H and O–H groups in total. The zero-order valence-electron chi connectivity index (χ0n) is 29.7. The Balaban J connectivity index is 0.000000329. The summed E-state index contributed by atoms with van der Waals surface area (Å²) in [6.45, 7) is 13.3. The summed E-state index contributed by atoms with van der Waals surface area (Å²) in [4.78, 5) is 21.1. The Morgan fingerprint density at radius 3 is 1.49 bits per heavy atom. The van der Waals surface area contributed by atoms with E-state index in [0.29, 0.717) is 12.1 Å². The van der Waals surface area contributed by atoms with E-state index in [9.17, 15) is 4.79 Å². The van der Waals surface area contributed by atoms with Crippen molar-refractivity contribution in [1.29, 1.82) is 0 Å². The van der Waals surface area contributed by atoms with Crippen molar-refractivity contribution in [2.45, 2.75) is 97.0 Å². The normalized spacial score (nSPS) is 20.5. The van der Waals surface area contributed by atoms with Crippen molar-refractivity contribution in [2.75, 3.05) is 52.4 Å². The van der Waals surface area contributed by atoms with Crippen LogP contribution in [0.4, 0.5) is 0 Å². The number of amidine groups is 1. The first-order valence-electron chi connectivity index (χ1n) is 18.7. The molecule has 1 unspecified atom stereocenters. The van der Waals surface area contributed by atoms with Gasteiger partial charge in [0, 0.05) is 25.2 Å². The number of rotatable bonds is 14. The van der Waals surface area contributed by atoms with Crippen LogP contribution in [-0.2, 0) is 4.79 Å². The standard InChI is InChI=1S/C29H44N4.C12H14N2OS.2CH4/c1-5-14-26(15-6-1)28(24-32-20-9-3-10-21-32)30-18-13-19-31-29(27-16-7-2-8-17-27)25-33-22-11-4-12-23-33;1-8(10-6-4-3-5-7-10)13-12-14-11(15)9(2)16-12;;/h1-2,5-8,14-17,28-31H,3-4,9-13,18-25H2;3-9H,1-2H3,(H,13,14,15);2*1H4/t28-,29-;8-,9?;;/m00../s1. The summed E-state index contributed by atoms with van der Waals surface area (Å²) in [7, 11) is 0. The number of carbonyl (C=O) groups is 1. The van der Waals surface area contributed by atoms with Crippen molar-refractivity contribution in [2.24, 2.45) is 4.99 Å². The Labute approximate surface area is 314 Å². The van der Waals surface area contributed by atoms with Gasteiger partial charge in [-0.05, 0) is 102 Å². The van der Waals surface area contributed by atoms with Crippen LogP contribution in [0.5, 0.6) is 0 Å². The molecule has 3 aliphatic rings. The molecule has 3 aliphatic heterocycles. The molecule has 4 atom stereocenters. The van der Waals surface area contributed by atoms with E-state index in [4.69, 9.17) is 0 Å². The zero-order chi connectivity index (χ0) is 34.1. The third-order valence-corrected chi connectivity index (χ3v) is 10.8. The van der Waals surface area contributed by atoms with Crippen LogP contribution in [0.25, 0.3) is 0 Å². The van der Waals surface area contributed by atoms with E-state index in [1.165, 1.54) is 87.6 Å². The van der Waals surface area contributed by atoms with Gasteiger partial charge in [0.25, 0.3) is 0 Å². The van der Waals surface area contributed by atoms with Crippen LogP contribution in [0, 0.1) is 0 Å². The fraction of sp³-hybridized carbons (Fsp3) is 0.535. The number of thioether (sulfide) groups is 1. The van der Waals surface area contributed by atoms with Gasteiger partial charge in [0.05, 0.1) is 11.3 Å². The summed E-state index contributed by atoms with van der Waals surface area (Å²) in [5.74, 6) is 0.0454. The molecule has 8 heteroatoms. The molecular formula is C43H66N6OS. The SMILES string of the molecule is C.C.CC1SC(=N[C@@H](C)c2ccccc2)NC1=O.c1ccc([C@H](CN2CCCCC2)NCCCN[C@@H](CN2CCCCC2)c2ccccc2)cc1. The maximum atomic E-state index is 11.3. The molecule has 3 fully saturated rings. The Hall–Kier alpha value is -3.01. The fourth-order valence-electron chi connectivity index (χ4n) is 6.89. The number of nitrogens with zero attached hydrogens (tertiary/aromatic N) is 3. The van der Waals surface area contributed by atoms with Crippen molar-refractivity contribution in [3.05, 3.63) is 108 Å². The minimum atomic E-state index is -0.0262. The monoisotopic (exact) mass is 715 g/mol. The minimum Gasteiger partial charge on any atom is -0.309 e. The number of hydrogen-bond donors (Lipinski definition) is 3. The van der Waals surface area contributed by atoms with E-state index in [0.717, 1.165) is 43.3 Å². The zero-order valence-corrected chi connectivity index (χ0v) is 30.6. The summed E-state index contributed by atoms with van der Waals surface area (Å²) in [5, 5.41) is 11.3. The van der Waals surface area contributed by atoms with Gasteiger partial charge in [-0.2, -0.15) is 0 Å². The number of nitrogens with one attached hydrogen (secondary N) is 3. The maximum Gasteiger partial charge on any atom is 0.239 e. The van der Waals surface area contributed by atoms with E-state index >= 15 is 0 Å². The Kier molecular flexibility index (Phi) is 19.6. The lowest BCUT2D eigenvalue weighted by molar-refractivity contribution is -0.118. The molecule has 3 aromatic carbocycles. The molecule has 0 bridgehead atoms. The lowest BCUT2D eigenvalue weighted by Gasteiger charge is -2.32. The van der Waals surface area contributed by atoms with Crippen LogP contribution in [0.2, 0.25) is 0 Å². The average Bonchev–Trinajstić information content (AvgIpc) is 3.48. The van der Waals surface area contributed by atoms with Gasteiger partial charge in [0.1, 0.15) is 0 Å². The van der Waals surface area contributed by atoms with Gasteiger partial charge in [-0.3, -0.25) is 9.79 Å². The van der Waals surface area contributed by atoms with Crippen molar-refractivity contribution in [1.82, 2.24) is 25.8 Å². The number of hydrogen-bond acceptors (Lipinski definition) is 7. The third-order valence-electron chi connectivity index (χ3n) is 9.80. The number of likely N-dealkylation sites (tertiary alicyclic amines) is 2. The molecule has 3 heterocycles. The van der Waals surface area contributed by atoms with Crippen LogP contribution in [-0.4, -0.2) is 78.5 Å². The van der Waals surface area contributed by atoms with Crippen LogP contribution < -0.4 is 16.0 Å². The van der Waals surface area contributed by atoms with Gasteiger partial charge in [0.2, 0.25) is 5.91 Å². The molecule has 0 aliphatic carbocycles. The predicted molar refractivity (Wildman–Crippen MR) is 221 cm³/mol. The maximum absolute atomic E-state index is 11.3. The summed E-state index contributed by atoms with van der Waals surface area (Å²) in [5.41, 5.74) is 4.00. The number of piperidine rings is 2. The summed E-state index contributed by atoms with van der Waals surface area (Å²) in [6.07, 6.45) is 9.34. The Bertz CT molecular complexity index is 1310. The number of aliphatic imine (C=N–C) groups is 1. The molecule has 0 radical (unpaired) electrons. The van der Waals surface area contributed by atoms with Crippen molar-refractivity contribution < 1.29 is 4.79 Å². The third kappa shape index (κ3) is 14.5. The molecule has 6 rings (SSSR count). The summed E-state index contributed by atoms with van der Waals surface area (Å²) in [6, 6.07) is 33.0. The van der Waals surface area contributed by atoms with E-state index in [2.05, 4.69) is 91.4 Å². The molecule has 3 saturated heterocycles. The largest absolute Gasteiger partial charge is 0.309 e. The summed E-state index contributed by atoms with van der Waals surface area (Å²) < 4.78 is 0. The van der Waals surface area contributed by atoms with Gasteiger partial charge in [0.15, 0.2) is 5.17 Å². The molecule has 0 spiro atoms. The minimum absolute atomic E-state index is 0. The highest BCUT2D eigenvalue weighted by atomic mass is 32.2. The first-order valence-corrected chi connectivity index (χ1v) is 19.5. The number of amides is 1. The number of carbonyl (C=O) groups excluding carboxylic acids is 1. The second-order valence-electron chi connectivity index (χ2n) is 13.7. The Morgan fingerprint density at radius 2 is 1.10 bits per heavy atom. The average molecular weight is 715 g/mol. The molecule has 3 aromatic rings. The van der Waals surface area contributed by atoms with E-state index in [-0.39, 0.29) is 32.1 Å². The van der Waals surface area contributed by atoms with Gasteiger partial charge in [-0.25, -0.2) is 0 Å². The quantitative estimate of drug-likeness (QED) is 0.145. The molecule has 280 valence electrons. The lowest BCUT2D eigenvalue weighted by Crippen LogP contribution is -2.40. The van der Waals surface area contributed by atoms with Crippen LogP contribution in [0.15, 0.2) is 96.0 Å². The topological polar surface area (TPSA) is 72.0 Å². The van der Waals surface area contributed by atoms with E-state index in [1.54, 1.807) is 0 Å². The van der Waals surface area contributed by atoms with E-state index in [1.807, 2.05) is 44.2 Å². The number of benzene rings is 3. The molecule has 1 amide bonds. The fourth-order valence-corrected chi connectivity index (χ4v) is 7.77. The first kappa shape index (κ1) is 42.4. The molecular weight excluding hydrogens is 649 g/mol. The highest BCUT2D eigenvalue weighted by Crippen LogP contribution is 2.24. The molecule has 7 nitrogen and oxygen atoms in total. The highest BCUT2D eigenvalue weighted by Gasteiger charge is 2.26. The van der Waals surface area contributed by atoms with Gasteiger partial charge in [-0.1, -0.05) is 130 Å². The predicted octanol–water partition coefficient (Wildman–Crippen LogP) is 8.64. The van der Waals surface area contributed by atoms with Gasteiger partial charge < -0.3 is 25.8 Å². The van der Waals surface area contributed by atoms with Gasteiger partial charge >= 0.3 is 0 Å². The van der Waals surface area contributed by atoms with E-state index < -0.39 is 0 Å². The first-order chi connectivity index (χ1) is 24.0. The second kappa shape index (κ2) is 23.5. The lowest BCUT2D eigenvalue weighted by atomic mass is 10.0. The van der Waals surface area contributed by atoms with Gasteiger partial charge in [-0.15, -0.1) is 0 Å². The smallest absolute Gasteiger partial charge is 0.239 e. The van der Waals surface area contributed by atoms with Crippen molar-refractivity contribution >= 4 is 22.8 Å². The van der Waals surface area contributed by atoms with Crippen molar-refractivity contribution in [3.8, 4) is 0 Å². The summed E-state index contributed by atoms with van der Waals surface area (Å²) >= 11 is 1.49. The Morgan fingerprint density at radius 1 is 0.686 bits per heavy atom.